The van der Waals surface area contributed by atoms with Crippen molar-refractivity contribution in [1.82, 2.24) is 9.97 Å². The third kappa shape index (κ3) is 3.06. The van der Waals surface area contributed by atoms with E-state index in [9.17, 15) is 9.50 Å². The molecular formula is C18H21FN4O. The van der Waals surface area contributed by atoms with Gasteiger partial charge in [0.2, 0.25) is 0 Å². The Balaban J connectivity index is 1.43. The Labute approximate surface area is 140 Å². The summed E-state index contributed by atoms with van der Waals surface area (Å²) in [6.45, 7) is 1.07. The first-order valence-corrected chi connectivity index (χ1v) is 8.46. The molecule has 1 saturated carbocycles. The van der Waals surface area contributed by atoms with E-state index in [4.69, 9.17) is 0 Å². The number of aliphatic hydroxyl groups is 1. The fourth-order valence-corrected chi connectivity index (χ4v) is 3.53. The first-order valence-electron chi connectivity index (χ1n) is 8.46. The Morgan fingerprint density at radius 2 is 2.08 bits per heavy atom. The Kier molecular flexibility index (Phi) is 4.06. The molecule has 1 aliphatic carbocycles. The molecule has 2 heterocycles. The third-order valence-corrected chi connectivity index (χ3v) is 4.96. The second-order valence-corrected chi connectivity index (χ2v) is 6.58. The summed E-state index contributed by atoms with van der Waals surface area (Å²) in [6.07, 6.45) is 4.67. The van der Waals surface area contributed by atoms with Gasteiger partial charge >= 0.3 is 0 Å². The van der Waals surface area contributed by atoms with Crippen LogP contribution in [0.25, 0.3) is 0 Å². The first kappa shape index (κ1) is 15.3. The second kappa shape index (κ2) is 6.36. The highest BCUT2D eigenvalue weighted by Crippen LogP contribution is 2.42. The lowest BCUT2D eigenvalue weighted by Crippen LogP contribution is -2.32. The molecule has 2 fully saturated rings. The Morgan fingerprint density at radius 1 is 1.25 bits per heavy atom. The minimum Gasteiger partial charge on any atom is -0.394 e. The first-order chi connectivity index (χ1) is 11.7. The van der Waals surface area contributed by atoms with Crippen LogP contribution in [0.2, 0.25) is 0 Å². The molecule has 4 rings (SSSR count). The van der Waals surface area contributed by atoms with Crippen molar-refractivity contribution < 1.29 is 9.50 Å². The summed E-state index contributed by atoms with van der Waals surface area (Å²) in [5.41, 5.74) is 1.16. The molecule has 6 heteroatoms. The maximum Gasteiger partial charge on any atom is 0.134 e. The zero-order valence-electron chi connectivity index (χ0n) is 13.4. The number of halogens is 1. The van der Waals surface area contributed by atoms with Crippen LogP contribution in [-0.4, -0.2) is 40.3 Å². The monoisotopic (exact) mass is 328 g/mol. The van der Waals surface area contributed by atoms with Crippen LogP contribution in [0, 0.1) is 5.82 Å². The number of anilines is 2. The van der Waals surface area contributed by atoms with Crippen LogP contribution in [0.1, 0.15) is 30.7 Å². The van der Waals surface area contributed by atoms with E-state index in [2.05, 4.69) is 20.2 Å². The molecule has 2 aromatic rings. The molecule has 1 unspecified atom stereocenters. The van der Waals surface area contributed by atoms with Gasteiger partial charge in [0.1, 0.15) is 23.8 Å². The largest absolute Gasteiger partial charge is 0.394 e. The van der Waals surface area contributed by atoms with Gasteiger partial charge in [-0.1, -0.05) is 12.1 Å². The van der Waals surface area contributed by atoms with Crippen LogP contribution in [0.4, 0.5) is 16.0 Å². The SMILES string of the molecule is OCC1CCCN1c1cc(N[C@@H]2C[C@H]2c2ccc(F)cc2)ncn1. The van der Waals surface area contributed by atoms with Gasteiger partial charge < -0.3 is 15.3 Å². The van der Waals surface area contributed by atoms with E-state index in [1.807, 2.05) is 18.2 Å². The van der Waals surface area contributed by atoms with Crippen molar-refractivity contribution in [1.29, 1.82) is 0 Å². The molecule has 0 bridgehead atoms. The molecule has 1 aliphatic heterocycles. The Bertz CT molecular complexity index is 708. The number of hydrogen-bond donors (Lipinski definition) is 2. The molecule has 2 aliphatic rings. The zero-order chi connectivity index (χ0) is 16.5. The molecule has 3 atom stereocenters. The smallest absolute Gasteiger partial charge is 0.134 e. The number of aliphatic hydroxyl groups excluding tert-OH is 1. The second-order valence-electron chi connectivity index (χ2n) is 6.58. The number of benzene rings is 1. The zero-order valence-corrected chi connectivity index (χ0v) is 13.4. The van der Waals surface area contributed by atoms with E-state index >= 15 is 0 Å². The maximum absolute atomic E-state index is 13.0. The van der Waals surface area contributed by atoms with Crippen molar-refractivity contribution in [2.24, 2.45) is 0 Å². The Morgan fingerprint density at radius 3 is 2.88 bits per heavy atom. The lowest BCUT2D eigenvalue weighted by molar-refractivity contribution is 0.266. The fourth-order valence-electron chi connectivity index (χ4n) is 3.53. The number of rotatable bonds is 5. The van der Waals surface area contributed by atoms with E-state index in [1.54, 1.807) is 6.33 Å². The van der Waals surface area contributed by atoms with Gasteiger partial charge in [-0.15, -0.1) is 0 Å². The Hall–Kier alpha value is -2.21. The van der Waals surface area contributed by atoms with Crippen molar-refractivity contribution in [3.63, 3.8) is 0 Å². The van der Waals surface area contributed by atoms with Gasteiger partial charge in [-0.05, 0) is 37.0 Å². The fraction of sp³-hybridized carbons (Fsp3) is 0.444. The molecule has 0 spiro atoms. The average molecular weight is 328 g/mol. The topological polar surface area (TPSA) is 61.3 Å². The molecule has 2 N–H and O–H groups in total. The molecule has 0 radical (unpaired) electrons. The molecule has 1 aromatic carbocycles. The van der Waals surface area contributed by atoms with E-state index in [0.717, 1.165) is 43.0 Å². The maximum atomic E-state index is 13.0. The summed E-state index contributed by atoms with van der Waals surface area (Å²) in [6, 6.07) is 9.15. The van der Waals surface area contributed by atoms with Crippen LogP contribution < -0.4 is 10.2 Å². The minimum atomic E-state index is -0.201. The molecule has 5 nitrogen and oxygen atoms in total. The summed E-state index contributed by atoms with van der Waals surface area (Å²) in [7, 11) is 0. The van der Waals surface area contributed by atoms with Crippen molar-refractivity contribution in [2.75, 3.05) is 23.4 Å². The van der Waals surface area contributed by atoms with E-state index in [0.29, 0.717) is 12.0 Å². The van der Waals surface area contributed by atoms with Crippen molar-refractivity contribution in [3.8, 4) is 0 Å². The third-order valence-electron chi connectivity index (χ3n) is 4.96. The molecule has 1 aromatic heterocycles. The quantitative estimate of drug-likeness (QED) is 0.883. The number of nitrogens with one attached hydrogen (secondary N) is 1. The summed E-state index contributed by atoms with van der Waals surface area (Å²) >= 11 is 0. The summed E-state index contributed by atoms with van der Waals surface area (Å²) in [5.74, 6) is 1.87. The number of aromatic nitrogens is 2. The molecule has 126 valence electrons. The van der Waals surface area contributed by atoms with Gasteiger partial charge in [-0.25, -0.2) is 14.4 Å². The number of hydrogen-bond acceptors (Lipinski definition) is 5. The van der Waals surface area contributed by atoms with E-state index in [1.165, 1.54) is 12.1 Å². The van der Waals surface area contributed by atoms with Crippen molar-refractivity contribution in [3.05, 3.63) is 48.0 Å². The molecule has 0 amide bonds. The highest BCUT2D eigenvalue weighted by Gasteiger charge is 2.38. The summed E-state index contributed by atoms with van der Waals surface area (Å²) in [4.78, 5) is 10.8. The molecular weight excluding hydrogens is 307 g/mol. The van der Waals surface area contributed by atoms with Gasteiger partial charge in [0, 0.05) is 24.6 Å². The molecule has 1 saturated heterocycles. The minimum absolute atomic E-state index is 0.153. The van der Waals surface area contributed by atoms with Crippen LogP contribution >= 0.6 is 0 Å². The van der Waals surface area contributed by atoms with Crippen LogP contribution in [-0.2, 0) is 0 Å². The number of nitrogens with zero attached hydrogens (tertiary/aromatic N) is 3. The van der Waals surface area contributed by atoms with Gasteiger partial charge in [0.15, 0.2) is 0 Å². The van der Waals surface area contributed by atoms with Crippen LogP contribution in [0.3, 0.4) is 0 Å². The standard InChI is InChI=1S/C18H21FN4O/c19-13-5-3-12(4-6-13)15-8-16(15)22-17-9-18(21-11-20-17)23-7-1-2-14(23)10-24/h3-6,9,11,14-16,24H,1-2,7-8,10H2,(H,20,21,22)/t14?,15-,16+/m0/s1. The van der Waals surface area contributed by atoms with Gasteiger partial charge in [-0.2, -0.15) is 0 Å². The van der Waals surface area contributed by atoms with E-state index < -0.39 is 0 Å². The van der Waals surface area contributed by atoms with Crippen LogP contribution in [0.15, 0.2) is 36.7 Å². The highest BCUT2D eigenvalue weighted by molar-refractivity contribution is 5.51. The lowest BCUT2D eigenvalue weighted by atomic mass is 10.1. The molecule has 24 heavy (non-hydrogen) atoms. The lowest BCUT2D eigenvalue weighted by Gasteiger charge is -2.24. The van der Waals surface area contributed by atoms with E-state index in [-0.39, 0.29) is 18.5 Å². The summed E-state index contributed by atoms with van der Waals surface area (Å²) in [5, 5.41) is 12.9. The summed E-state index contributed by atoms with van der Waals surface area (Å²) < 4.78 is 13.0. The predicted molar refractivity (Wildman–Crippen MR) is 90.7 cm³/mol. The van der Waals surface area contributed by atoms with Crippen LogP contribution in [0.5, 0.6) is 0 Å². The van der Waals surface area contributed by atoms with Crippen molar-refractivity contribution in [2.45, 2.75) is 37.3 Å². The average Bonchev–Trinajstić information content (AvgIpc) is 3.19. The van der Waals surface area contributed by atoms with Gasteiger partial charge in [-0.3, -0.25) is 0 Å². The highest BCUT2D eigenvalue weighted by atomic mass is 19.1. The van der Waals surface area contributed by atoms with Gasteiger partial charge in [0.05, 0.1) is 12.6 Å². The van der Waals surface area contributed by atoms with Crippen molar-refractivity contribution >= 4 is 11.6 Å². The van der Waals surface area contributed by atoms with Gasteiger partial charge in [0.25, 0.3) is 0 Å². The predicted octanol–water partition coefficient (Wildman–Crippen LogP) is 2.54. The normalized spacial score (nSPS) is 25.8.